The third-order valence-corrected chi connectivity index (χ3v) is 6.42. The second-order valence-electron chi connectivity index (χ2n) is 8.91. The van der Waals surface area contributed by atoms with Crippen LogP contribution in [0.4, 0.5) is 26.3 Å². The van der Waals surface area contributed by atoms with Crippen LogP contribution in [0.1, 0.15) is 17.2 Å². The van der Waals surface area contributed by atoms with E-state index >= 15 is 0 Å². The Morgan fingerprint density at radius 2 is 1.13 bits per heavy atom. The molecule has 0 aromatic heterocycles. The van der Waals surface area contributed by atoms with Crippen molar-refractivity contribution >= 4 is 5.84 Å². The van der Waals surface area contributed by atoms with Gasteiger partial charge in [0.2, 0.25) is 5.84 Å². The Morgan fingerprint density at radius 1 is 0.684 bits per heavy atom. The zero-order valence-corrected chi connectivity index (χ0v) is 19.9. The molecule has 0 atom stereocenters. The van der Waals surface area contributed by atoms with E-state index in [4.69, 9.17) is 9.47 Å². The Bertz CT molecular complexity index is 1210. The molecule has 2 aliphatic heterocycles. The van der Waals surface area contributed by atoms with Gasteiger partial charge in [-0.15, -0.1) is 0 Å². The molecule has 0 bridgehead atoms. The largest absolute Gasteiger partial charge is 0.494 e. The van der Waals surface area contributed by atoms with Gasteiger partial charge in [-0.25, -0.2) is 0 Å². The average Bonchev–Trinajstić information content (AvgIpc) is 3.29. The van der Waals surface area contributed by atoms with E-state index in [1.807, 2.05) is 65.6 Å². The van der Waals surface area contributed by atoms with Gasteiger partial charge in [-0.2, -0.15) is 31.3 Å². The molecule has 0 saturated carbocycles. The van der Waals surface area contributed by atoms with E-state index < -0.39 is 24.1 Å². The van der Waals surface area contributed by atoms with Crippen LogP contribution in [-0.2, 0) is 0 Å². The summed E-state index contributed by atoms with van der Waals surface area (Å²) in [6.45, 7) is -0.0835. The minimum Gasteiger partial charge on any atom is -0.423 e. The number of benzene rings is 3. The van der Waals surface area contributed by atoms with Crippen molar-refractivity contribution in [1.29, 1.82) is 0 Å². The molecule has 0 aliphatic carbocycles. The average molecular weight is 535 g/mol. The smallest absolute Gasteiger partial charge is 0.423 e. The maximum atomic E-state index is 14.2. The number of nitrogens with zero attached hydrogens (tertiary/aromatic N) is 3. The molecule has 1 saturated heterocycles. The monoisotopic (exact) mass is 535 g/mol. The van der Waals surface area contributed by atoms with Crippen molar-refractivity contribution in [2.24, 2.45) is 4.99 Å². The van der Waals surface area contributed by atoms with Gasteiger partial charge in [0.25, 0.3) is 0 Å². The summed E-state index contributed by atoms with van der Waals surface area (Å²) in [5.41, 5.74) is 1.91. The lowest BCUT2D eigenvalue weighted by Crippen LogP contribution is -2.57. The molecule has 1 fully saturated rings. The zero-order chi connectivity index (χ0) is 27.0. The first-order valence-electron chi connectivity index (χ1n) is 11.9. The highest BCUT2D eigenvalue weighted by atomic mass is 19.4. The van der Waals surface area contributed by atoms with Crippen LogP contribution in [0.5, 0.6) is 11.5 Å². The summed E-state index contributed by atoms with van der Waals surface area (Å²) in [4.78, 5) is 5.92. The van der Waals surface area contributed by atoms with E-state index in [1.54, 1.807) is 0 Å². The van der Waals surface area contributed by atoms with Crippen molar-refractivity contribution in [2.75, 3.05) is 26.2 Å². The Kier molecular flexibility index (Phi) is 6.72. The van der Waals surface area contributed by atoms with E-state index in [0.717, 1.165) is 16.0 Å². The summed E-state index contributed by atoms with van der Waals surface area (Å²) in [6, 6.07) is 23.9. The van der Waals surface area contributed by atoms with Crippen LogP contribution < -0.4 is 9.47 Å². The highest BCUT2D eigenvalue weighted by molar-refractivity contribution is 5.88. The predicted octanol–water partition coefficient (Wildman–Crippen LogP) is 6.04. The number of hydrogen-bond acceptors (Lipinski definition) is 4. The SMILES string of the molecule is FC(F)(F)/C(=N\C1(C(F)(F)F)Oc2ccccc2O1)N1CCN(C(c2ccccc2)c2ccccc2)CC1. The number of ether oxygens (including phenoxy) is 2. The number of hydrogen-bond donors (Lipinski definition) is 0. The van der Waals surface area contributed by atoms with Crippen LogP contribution in [0.3, 0.4) is 0 Å². The van der Waals surface area contributed by atoms with Crippen molar-refractivity contribution in [1.82, 2.24) is 9.80 Å². The van der Waals surface area contributed by atoms with Crippen molar-refractivity contribution in [2.45, 2.75) is 24.3 Å². The molecule has 0 amide bonds. The molecule has 11 heteroatoms. The van der Waals surface area contributed by atoms with E-state index in [9.17, 15) is 26.3 Å². The van der Waals surface area contributed by atoms with Crippen molar-refractivity contribution < 1.29 is 35.8 Å². The fourth-order valence-corrected chi connectivity index (χ4v) is 4.69. The number of piperazine rings is 1. The summed E-state index contributed by atoms with van der Waals surface area (Å²) in [5, 5.41) is 0. The molecule has 2 heterocycles. The molecule has 3 aromatic carbocycles. The minimum absolute atomic E-state index is 0.157. The lowest BCUT2D eigenvalue weighted by molar-refractivity contribution is -0.306. The molecular weight excluding hydrogens is 512 g/mol. The van der Waals surface area contributed by atoms with Crippen LogP contribution in [0.15, 0.2) is 89.9 Å². The topological polar surface area (TPSA) is 37.3 Å². The van der Waals surface area contributed by atoms with Crippen LogP contribution in [0, 0.1) is 0 Å². The lowest BCUT2D eigenvalue weighted by Gasteiger charge is -2.41. The van der Waals surface area contributed by atoms with Gasteiger partial charge in [-0.1, -0.05) is 72.8 Å². The number of fused-ring (bicyclic) bond motifs is 1. The number of para-hydroxylation sites is 2. The number of aliphatic imine (C=N–C) groups is 1. The summed E-state index contributed by atoms with van der Waals surface area (Å²) in [5.74, 6) is -6.21. The standard InChI is InChI=1S/C27H23F6N3O2/c28-25(29,30)24(34-27(26(31,32)33)37-21-13-7-8-14-22(21)38-27)36-17-15-35(16-18-36)23(19-9-3-1-4-10-19)20-11-5-2-6-12-20/h1-14,23H,15-18H2/b34-24+. The first-order valence-corrected chi connectivity index (χ1v) is 11.9. The molecule has 5 nitrogen and oxygen atoms in total. The van der Waals surface area contributed by atoms with Crippen LogP contribution in [0.25, 0.3) is 0 Å². The third kappa shape index (κ3) is 5.02. The first-order chi connectivity index (χ1) is 18.1. The molecule has 2 aliphatic rings. The second-order valence-corrected chi connectivity index (χ2v) is 8.91. The van der Waals surface area contributed by atoms with Crippen LogP contribution in [-0.4, -0.2) is 60.1 Å². The Labute approximate surface area is 214 Å². The quantitative estimate of drug-likeness (QED) is 0.232. The Morgan fingerprint density at radius 3 is 1.55 bits per heavy atom. The van der Waals surface area contributed by atoms with Gasteiger partial charge < -0.3 is 14.4 Å². The summed E-state index contributed by atoms with van der Waals surface area (Å²) >= 11 is 0. The normalized spacial score (nSPS) is 18.2. The van der Waals surface area contributed by atoms with Gasteiger partial charge in [0.05, 0.1) is 6.04 Å². The maximum absolute atomic E-state index is 14.2. The van der Waals surface area contributed by atoms with E-state index in [-0.39, 0.29) is 43.7 Å². The predicted molar refractivity (Wildman–Crippen MR) is 128 cm³/mol. The fourth-order valence-electron chi connectivity index (χ4n) is 4.69. The molecular formula is C27H23F6N3O2. The van der Waals surface area contributed by atoms with E-state index in [0.29, 0.717) is 0 Å². The number of amidine groups is 1. The molecule has 5 rings (SSSR count). The van der Waals surface area contributed by atoms with Crippen molar-refractivity contribution in [3.05, 3.63) is 96.1 Å². The Hall–Kier alpha value is -3.73. The number of alkyl halides is 6. The fraction of sp³-hybridized carbons (Fsp3) is 0.296. The van der Waals surface area contributed by atoms with Gasteiger partial charge in [0.1, 0.15) is 0 Å². The minimum atomic E-state index is -5.38. The van der Waals surface area contributed by atoms with Gasteiger partial charge >= 0.3 is 18.3 Å². The highest BCUT2D eigenvalue weighted by Crippen LogP contribution is 2.47. The highest BCUT2D eigenvalue weighted by Gasteiger charge is 2.66. The molecule has 200 valence electrons. The van der Waals surface area contributed by atoms with Gasteiger partial charge in [-0.3, -0.25) is 4.90 Å². The zero-order valence-electron chi connectivity index (χ0n) is 19.9. The number of rotatable bonds is 4. The third-order valence-electron chi connectivity index (χ3n) is 6.42. The molecule has 38 heavy (non-hydrogen) atoms. The summed E-state index contributed by atoms with van der Waals surface area (Å²) in [6.07, 6.45) is -10.6. The molecule has 0 radical (unpaired) electrons. The van der Waals surface area contributed by atoms with Gasteiger partial charge in [-0.05, 0) is 23.3 Å². The van der Waals surface area contributed by atoms with Gasteiger partial charge in [0, 0.05) is 26.2 Å². The van der Waals surface area contributed by atoms with Crippen LogP contribution in [0.2, 0.25) is 0 Å². The van der Waals surface area contributed by atoms with Crippen LogP contribution >= 0.6 is 0 Å². The van der Waals surface area contributed by atoms with E-state index in [2.05, 4.69) is 4.99 Å². The summed E-state index contributed by atoms with van der Waals surface area (Å²) in [7, 11) is 0. The second kappa shape index (κ2) is 9.86. The lowest BCUT2D eigenvalue weighted by atomic mass is 9.96. The first kappa shape index (κ1) is 25.9. The van der Waals surface area contributed by atoms with Gasteiger partial charge in [0.15, 0.2) is 11.5 Å². The molecule has 3 aromatic rings. The Balaban J connectivity index is 1.43. The molecule has 0 unspecified atom stereocenters. The maximum Gasteiger partial charge on any atom is 0.494 e. The number of halogens is 6. The van der Waals surface area contributed by atoms with E-state index in [1.165, 1.54) is 24.3 Å². The molecule has 0 spiro atoms. The summed E-state index contributed by atoms with van der Waals surface area (Å²) < 4.78 is 94.5. The molecule has 0 N–H and O–H groups in total. The van der Waals surface area contributed by atoms with Crippen molar-refractivity contribution in [3.63, 3.8) is 0 Å². The van der Waals surface area contributed by atoms with Crippen molar-refractivity contribution in [3.8, 4) is 11.5 Å².